The highest BCUT2D eigenvalue weighted by atomic mass is 16.5. The topological polar surface area (TPSA) is 21.3 Å². The lowest BCUT2D eigenvalue weighted by Gasteiger charge is -2.19. The van der Waals surface area contributed by atoms with Crippen molar-refractivity contribution in [3.63, 3.8) is 0 Å². The Morgan fingerprint density at radius 2 is 1.95 bits per heavy atom. The van der Waals surface area contributed by atoms with E-state index in [4.69, 9.17) is 4.74 Å². The maximum absolute atomic E-state index is 5.87. The van der Waals surface area contributed by atoms with Crippen molar-refractivity contribution in [1.82, 2.24) is 5.32 Å². The molecule has 2 nitrogen and oxygen atoms in total. The van der Waals surface area contributed by atoms with Crippen molar-refractivity contribution in [2.45, 2.75) is 51.5 Å². The summed E-state index contributed by atoms with van der Waals surface area (Å²) in [5, 5.41) is 3.43. The summed E-state index contributed by atoms with van der Waals surface area (Å²) < 4.78 is 5.87. The monoisotopic (exact) mass is 261 g/mol. The Bertz CT molecular complexity index is 371. The molecule has 1 fully saturated rings. The summed E-state index contributed by atoms with van der Waals surface area (Å²) in [4.78, 5) is 0. The average Bonchev–Trinajstić information content (AvgIpc) is 2.87. The smallest absolute Gasteiger partial charge is 0.119 e. The van der Waals surface area contributed by atoms with E-state index in [0.717, 1.165) is 24.7 Å². The van der Waals surface area contributed by atoms with Crippen LogP contribution in [-0.4, -0.2) is 19.7 Å². The van der Waals surface area contributed by atoms with Crippen LogP contribution in [0.5, 0.6) is 5.75 Å². The van der Waals surface area contributed by atoms with Crippen molar-refractivity contribution >= 4 is 0 Å². The predicted octanol–water partition coefficient (Wildman–Crippen LogP) is 3.97. The molecule has 0 heterocycles. The van der Waals surface area contributed by atoms with E-state index < -0.39 is 0 Å². The van der Waals surface area contributed by atoms with Gasteiger partial charge >= 0.3 is 0 Å². The van der Waals surface area contributed by atoms with Gasteiger partial charge in [-0.05, 0) is 55.8 Å². The first-order valence-corrected chi connectivity index (χ1v) is 7.60. The summed E-state index contributed by atoms with van der Waals surface area (Å²) in [5.41, 5.74) is 1.37. The zero-order valence-electron chi connectivity index (χ0n) is 12.5. The summed E-state index contributed by atoms with van der Waals surface area (Å²) in [7, 11) is 2.08. The molecule has 2 rings (SSSR count). The molecule has 1 aliphatic rings. The van der Waals surface area contributed by atoms with Crippen molar-refractivity contribution in [1.29, 1.82) is 0 Å². The summed E-state index contributed by atoms with van der Waals surface area (Å²) in [6.07, 6.45) is 5.20. The van der Waals surface area contributed by atoms with Gasteiger partial charge in [-0.15, -0.1) is 0 Å². The molecular formula is C17H27NO. The minimum Gasteiger partial charge on any atom is -0.494 e. The lowest BCUT2D eigenvalue weighted by Crippen LogP contribution is -2.29. The van der Waals surface area contributed by atoms with Gasteiger partial charge in [0.1, 0.15) is 5.75 Å². The molecular weight excluding hydrogens is 234 g/mol. The summed E-state index contributed by atoms with van der Waals surface area (Å²) >= 11 is 0. The molecule has 1 saturated carbocycles. The fourth-order valence-electron chi connectivity index (χ4n) is 3.04. The Morgan fingerprint density at radius 1 is 1.21 bits per heavy atom. The number of benzene rings is 1. The normalized spacial score (nSPS) is 22.9. The largest absolute Gasteiger partial charge is 0.494 e. The second-order valence-corrected chi connectivity index (χ2v) is 5.95. The van der Waals surface area contributed by atoms with Gasteiger partial charge in [0.2, 0.25) is 0 Å². The lowest BCUT2D eigenvalue weighted by molar-refractivity contribution is 0.263. The standard InChI is InChI=1S/C17H27NO/c1-13(2)14-7-9-16(10-8-14)19-12-11-15-5-4-6-17(15)18-3/h7-10,13,15,17-18H,4-6,11-12H2,1-3H3. The predicted molar refractivity (Wildman–Crippen MR) is 80.8 cm³/mol. The summed E-state index contributed by atoms with van der Waals surface area (Å²) in [6, 6.07) is 9.24. The van der Waals surface area contributed by atoms with Gasteiger partial charge in [-0.1, -0.05) is 32.4 Å². The van der Waals surface area contributed by atoms with Crippen LogP contribution in [0.3, 0.4) is 0 Å². The Balaban J connectivity index is 1.76. The number of rotatable bonds is 6. The summed E-state index contributed by atoms with van der Waals surface area (Å²) in [5.74, 6) is 2.38. The third-order valence-electron chi connectivity index (χ3n) is 4.33. The number of hydrogen-bond acceptors (Lipinski definition) is 2. The first-order valence-electron chi connectivity index (χ1n) is 7.60. The molecule has 106 valence electrons. The Labute approximate surface area is 117 Å². The van der Waals surface area contributed by atoms with Gasteiger partial charge < -0.3 is 10.1 Å². The van der Waals surface area contributed by atoms with Crippen LogP contribution in [0.1, 0.15) is 51.0 Å². The highest BCUT2D eigenvalue weighted by Gasteiger charge is 2.25. The van der Waals surface area contributed by atoms with Crippen LogP contribution in [0.25, 0.3) is 0 Å². The van der Waals surface area contributed by atoms with Crippen LogP contribution < -0.4 is 10.1 Å². The first-order chi connectivity index (χ1) is 9.20. The van der Waals surface area contributed by atoms with Crippen molar-refractivity contribution < 1.29 is 4.74 Å². The molecule has 0 spiro atoms. The molecule has 0 aromatic heterocycles. The van der Waals surface area contributed by atoms with Crippen LogP contribution in [0, 0.1) is 5.92 Å². The highest BCUT2D eigenvalue weighted by molar-refractivity contribution is 5.28. The van der Waals surface area contributed by atoms with Gasteiger partial charge in [0.25, 0.3) is 0 Å². The third kappa shape index (κ3) is 3.97. The molecule has 0 radical (unpaired) electrons. The Hall–Kier alpha value is -1.02. The molecule has 19 heavy (non-hydrogen) atoms. The molecule has 1 aromatic rings. The molecule has 0 saturated heterocycles. The SMILES string of the molecule is CNC1CCCC1CCOc1ccc(C(C)C)cc1. The number of nitrogens with one attached hydrogen (secondary N) is 1. The van der Waals surface area contributed by atoms with E-state index in [1.807, 2.05) is 0 Å². The van der Waals surface area contributed by atoms with E-state index in [2.05, 4.69) is 50.5 Å². The zero-order chi connectivity index (χ0) is 13.7. The molecule has 2 unspecified atom stereocenters. The van der Waals surface area contributed by atoms with Crippen molar-refractivity contribution in [3.05, 3.63) is 29.8 Å². The lowest BCUT2D eigenvalue weighted by atomic mass is 10.0. The fourth-order valence-corrected chi connectivity index (χ4v) is 3.04. The average molecular weight is 261 g/mol. The number of ether oxygens (including phenoxy) is 1. The Kier molecular flexibility index (Phi) is 5.26. The van der Waals surface area contributed by atoms with Gasteiger partial charge in [0.05, 0.1) is 6.61 Å². The first kappa shape index (κ1) is 14.4. The minimum absolute atomic E-state index is 0.587. The number of hydrogen-bond donors (Lipinski definition) is 1. The molecule has 0 aliphatic heterocycles. The maximum atomic E-state index is 5.87. The highest BCUT2D eigenvalue weighted by Crippen LogP contribution is 2.28. The third-order valence-corrected chi connectivity index (χ3v) is 4.33. The van der Waals surface area contributed by atoms with Crippen LogP contribution >= 0.6 is 0 Å². The van der Waals surface area contributed by atoms with Crippen LogP contribution in [-0.2, 0) is 0 Å². The van der Waals surface area contributed by atoms with Crippen molar-refractivity contribution in [2.75, 3.05) is 13.7 Å². The van der Waals surface area contributed by atoms with Crippen LogP contribution in [0.15, 0.2) is 24.3 Å². The maximum Gasteiger partial charge on any atom is 0.119 e. The fraction of sp³-hybridized carbons (Fsp3) is 0.647. The quantitative estimate of drug-likeness (QED) is 0.836. The van der Waals surface area contributed by atoms with E-state index in [0.29, 0.717) is 12.0 Å². The van der Waals surface area contributed by atoms with Gasteiger partial charge in [-0.3, -0.25) is 0 Å². The molecule has 1 N–H and O–H groups in total. The van der Waals surface area contributed by atoms with Gasteiger partial charge in [0, 0.05) is 6.04 Å². The Morgan fingerprint density at radius 3 is 2.58 bits per heavy atom. The molecule has 1 aromatic carbocycles. The van der Waals surface area contributed by atoms with E-state index in [1.165, 1.54) is 24.8 Å². The zero-order valence-corrected chi connectivity index (χ0v) is 12.5. The molecule has 0 amide bonds. The van der Waals surface area contributed by atoms with Crippen LogP contribution in [0.2, 0.25) is 0 Å². The molecule has 2 atom stereocenters. The molecule has 1 aliphatic carbocycles. The second-order valence-electron chi connectivity index (χ2n) is 5.95. The van der Waals surface area contributed by atoms with E-state index in [9.17, 15) is 0 Å². The minimum atomic E-state index is 0.587. The van der Waals surface area contributed by atoms with Crippen molar-refractivity contribution in [3.8, 4) is 5.75 Å². The van der Waals surface area contributed by atoms with Gasteiger partial charge in [-0.2, -0.15) is 0 Å². The van der Waals surface area contributed by atoms with Crippen molar-refractivity contribution in [2.24, 2.45) is 5.92 Å². The summed E-state index contributed by atoms with van der Waals surface area (Å²) in [6.45, 7) is 5.27. The van der Waals surface area contributed by atoms with E-state index >= 15 is 0 Å². The molecule has 2 heteroatoms. The van der Waals surface area contributed by atoms with Gasteiger partial charge in [0.15, 0.2) is 0 Å². The van der Waals surface area contributed by atoms with E-state index in [-0.39, 0.29) is 0 Å². The van der Waals surface area contributed by atoms with E-state index in [1.54, 1.807) is 0 Å². The van der Waals surface area contributed by atoms with Crippen LogP contribution in [0.4, 0.5) is 0 Å². The molecule has 0 bridgehead atoms. The van der Waals surface area contributed by atoms with Gasteiger partial charge in [-0.25, -0.2) is 0 Å². The second kappa shape index (κ2) is 6.95.